The van der Waals surface area contributed by atoms with E-state index in [1.54, 1.807) is 13.8 Å². The molecule has 1 rings (SSSR count). The number of imide groups is 1. The van der Waals surface area contributed by atoms with Gasteiger partial charge in [0.05, 0.1) is 12.1 Å². The van der Waals surface area contributed by atoms with E-state index < -0.39 is 24.0 Å². The van der Waals surface area contributed by atoms with Gasteiger partial charge in [-0.15, -0.1) is 0 Å². The molecule has 0 radical (unpaired) electrons. The number of nitrogens with one attached hydrogen (secondary N) is 2. The molecule has 8 nitrogen and oxygen atoms in total. The van der Waals surface area contributed by atoms with Gasteiger partial charge in [0.1, 0.15) is 0 Å². The van der Waals surface area contributed by atoms with Crippen molar-refractivity contribution in [1.29, 1.82) is 0 Å². The number of ether oxygens (including phenoxy) is 1. The lowest BCUT2D eigenvalue weighted by Crippen LogP contribution is -2.46. The molecular weight excluding hydrogens is 336 g/mol. The first-order valence-electron chi connectivity index (χ1n) is 8.85. The summed E-state index contributed by atoms with van der Waals surface area (Å²) >= 11 is 0. The molecule has 26 heavy (non-hydrogen) atoms. The monoisotopic (exact) mass is 366 g/mol. The second-order valence-corrected chi connectivity index (χ2v) is 7.15. The summed E-state index contributed by atoms with van der Waals surface area (Å²) in [5.41, 5.74) is 2.50. The van der Waals surface area contributed by atoms with E-state index in [0.717, 1.165) is 23.5 Å². The normalized spacial score (nSPS) is 12.2. The molecular formula is C18H30N4O4. The molecule has 0 spiro atoms. The van der Waals surface area contributed by atoms with Crippen LogP contribution in [0, 0.1) is 19.8 Å². The number of nitrogens with zero attached hydrogens (tertiary/aromatic N) is 2. The number of rotatable bonds is 7. The van der Waals surface area contributed by atoms with Crippen molar-refractivity contribution in [3.63, 3.8) is 0 Å². The molecule has 0 aliphatic heterocycles. The Kier molecular flexibility index (Phi) is 7.79. The van der Waals surface area contributed by atoms with Gasteiger partial charge in [0.25, 0.3) is 5.91 Å². The summed E-state index contributed by atoms with van der Waals surface area (Å²) in [6, 6.07) is -0.719. The molecule has 0 saturated carbocycles. The van der Waals surface area contributed by atoms with Gasteiger partial charge in [0, 0.05) is 23.8 Å². The van der Waals surface area contributed by atoms with Crippen LogP contribution >= 0.6 is 0 Å². The fourth-order valence-electron chi connectivity index (χ4n) is 2.46. The third kappa shape index (κ3) is 6.50. The maximum Gasteiger partial charge on any atom is 0.321 e. The van der Waals surface area contributed by atoms with E-state index in [1.165, 1.54) is 6.92 Å². The SMILES string of the molecule is Cc1nn(CC(C)C)c(C)c1CC(=O)OC(C)C(=O)NC(=O)NC(C)C. The number of esters is 1. The zero-order valence-electron chi connectivity index (χ0n) is 16.7. The maximum absolute atomic E-state index is 12.2. The summed E-state index contributed by atoms with van der Waals surface area (Å²) in [7, 11) is 0. The van der Waals surface area contributed by atoms with E-state index in [9.17, 15) is 14.4 Å². The molecule has 0 saturated heterocycles. The first-order chi connectivity index (χ1) is 12.0. The molecule has 1 heterocycles. The second-order valence-electron chi connectivity index (χ2n) is 7.15. The minimum Gasteiger partial charge on any atom is -0.452 e. The largest absolute Gasteiger partial charge is 0.452 e. The van der Waals surface area contributed by atoms with Crippen LogP contribution in [0.3, 0.4) is 0 Å². The standard InChI is InChI=1S/C18H30N4O4/c1-10(2)9-22-13(6)15(12(5)21-22)8-16(23)26-14(7)17(24)20-18(25)19-11(3)4/h10-11,14H,8-9H2,1-7H3,(H2,19,20,24,25). The third-order valence-electron chi connectivity index (χ3n) is 3.72. The van der Waals surface area contributed by atoms with Gasteiger partial charge in [0.2, 0.25) is 0 Å². The fourth-order valence-corrected chi connectivity index (χ4v) is 2.46. The Balaban J connectivity index is 2.65. The van der Waals surface area contributed by atoms with E-state index in [1.807, 2.05) is 18.5 Å². The zero-order valence-corrected chi connectivity index (χ0v) is 16.7. The molecule has 1 aromatic heterocycles. The number of urea groups is 1. The van der Waals surface area contributed by atoms with Gasteiger partial charge in [-0.2, -0.15) is 5.10 Å². The van der Waals surface area contributed by atoms with Crippen LogP contribution in [-0.4, -0.2) is 39.8 Å². The van der Waals surface area contributed by atoms with Crippen LogP contribution in [0.25, 0.3) is 0 Å². The van der Waals surface area contributed by atoms with E-state index in [-0.39, 0.29) is 12.5 Å². The Bertz CT molecular complexity index is 664. The van der Waals surface area contributed by atoms with Crippen molar-refractivity contribution in [3.8, 4) is 0 Å². The number of carbonyl (C=O) groups is 3. The van der Waals surface area contributed by atoms with Crippen LogP contribution in [0.4, 0.5) is 4.79 Å². The van der Waals surface area contributed by atoms with Crippen molar-refractivity contribution in [3.05, 3.63) is 17.0 Å². The lowest BCUT2D eigenvalue weighted by atomic mass is 10.1. The van der Waals surface area contributed by atoms with Gasteiger partial charge in [-0.3, -0.25) is 19.6 Å². The van der Waals surface area contributed by atoms with Crippen molar-refractivity contribution in [1.82, 2.24) is 20.4 Å². The van der Waals surface area contributed by atoms with Crippen molar-refractivity contribution < 1.29 is 19.1 Å². The van der Waals surface area contributed by atoms with Crippen LogP contribution in [0.2, 0.25) is 0 Å². The highest BCUT2D eigenvalue weighted by molar-refractivity contribution is 5.97. The van der Waals surface area contributed by atoms with Gasteiger partial charge in [-0.05, 0) is 40.5 Å². The molecule has 0 aliphatic rings. The molecule has 1 atom stereocenters. The Hall–Kier alpha value is -2.38. The molecule has 0 aliphatic carbocycles. The number of aromatic nitrogens is 2. The van der Waals surface area contributed by atoms with E-state index in [2.05, 4.69) is 29.6 Å². The quantitative estimate of drug-likeness (QED) is 0.717. The topological polar surface area (TPSA) is 102 Å². The molecule has 1 unspecified atom stereocenters. The summed E-state index contributed by atoms with van der Waals surface area (Å²) in [5.74, 6) is -0.763. The predicted molar refractivity (Wildman–Crippen MR) is 97.6 cm³/mol. The summed E-state index contributed by atoms with van der Waals surface area (Å²) in [6.07, 6.45) is -1.03. The highest BCUT2D eigenvalue weighted by Crippen LogP contribution is 2.16. The van der Waals surface area contributed by atoms with E-state index >= 15 is 0 Å². The highest BCUT2D eigenvalue weighted by atomic mass is 16.5. The summed E-state index contributed by atoms with van der Waals surface area (Å²) < 4.78 is 7.04. The Morgan fingerprint density at radius 3 is 2.27 bits per heavy atom. The van der Waals surface area contributed by atoms with Crippen LogP contribution in [-0.2, 0) is 27.3 Å². The van der Waals surface area contributed by atoms with Crippen molar-refractivity contribution in [2.75, 3.05) is 0 Å². The minimum absolute atomic E-state index is 0.0333. The van der Waals surface area contributed by atoms with Gasteiger partial charge >= 0.3 is 12.0 Å². The van der Waals surface area contributed by atoms with Gasteiger partial charge in [0.15, 0.2) is 6.10 Å². The maximum atomic E-state index is 12.2. The molecule has 2 N–H and O–H groups in total. The van der Waals surface area contributed by atoms with Crippen molar-refractivity contribution in [2.24, 2.45) is 5.92 Å². The minimum atomic E-state index is -1.06. The average Bonchev–Trinajstić information content (AvgIpc) is 2.73. The van der Waals surface area contributed by atoms with Crippen LogP contribution in [0.5, 0.6) is 0 Å². The van der Waals surface area contributed by atoms with Gasteiger partial charge in [-0.25, -0.2) is 4.79 Å². The zero-order chi connectivity index (χ0) is 20.0. The predicted octanol–water partition coefficient (Wildman–Crippen LogP) is 1.86. The number of amides is 3. The summed E-state index contributed by atoms with van der Waals surface area (Å²) in [5, 5.41) is 9.14. The Morgan fingerprint density at radius 1 is 1.12 bits per heavy atom. The van der Waals surface area contributed by atoms with Crippen molar-refractivity contribution >= 4 is 17.9 Å². The lowest BCUT2D eigenvalue weighted by molar-refractivity contribution is -0.153. The molecule has 0 aromatic carbocycles. The molecule has 8 heteroatoms. The van der Waals surface area contributed by atoms with Gasteiger partial charge < -0.3 is 10.1 Å². The summed E-state index contributed by atoms with van der Waals surface area (Å²) in [4.78, 5) is 35.6. The number of carbonyl (C=O) groups excluding carboxylic acids is 3. The fraction of sp³-hybridized carbons (Fsp3) is 0.667. The van der Waals surface area contributed by atoms with Crippen LogP contribution < -0.4 is 10.6 Å². The van der Waals surface area contributed by atoms with Gasteiger partial charge in [-0.1, -0.05) is 13.8 Å². The number of aryl methyl sites for hydroxylation is 1. The van der Waals surface area contributed by atoms with E-state index in [0.29, 0.717) is 5.92 Å². The molecule has 146 valence electrons. The molecule has 0 bridgehead atoms. The molecule has 1 aromatic rings. The second kappa shape index (κ2) is 9.35. The Labute approximate surface area is 154 Å². The Morgan fingerprint density at radius 2 is 1.73 bits per heavy atom. The number of hydrogen-bond acceptors (Lipinski definition) is 5. The molecule has 0 fully saturated rings. The van der Waals surface area contributed by atoms with E-state index in [4.69, 9.17) is 4.74 Å². The summed E-state index contributed by atoms with van der Waals surface area (Å²) in [6.45, 7) is 13.7. The van der Waals surface area contributed by atoms with Crippen molar-refractivity contribution in [2.45, 2.75) is 73.6 Å². The first kappa shape index (κ1) is 21.7. The lowest BCUT2D eigenvalue weighted by Gasteiger charge is -2.14. The smallest absolute Gasteiger partial charge is 0.321 e. The molecule has 3 amide bonds. The highest BCUT2D eigenvalue weighted by Gasteiger charge is 2.22. The first-order valence-corrected chi connectivity index (χ1v) is 8.85. The average molecular weight is 366 g/mol. The third-order valence-corrected chi connectivity index (χ3v) is 3.72. The van der Waals surface area contributed by atoms with Crippen LogP contribution in [0.15, 0.2) is 0 Å². The number of hydrogen-bond donors (Lipinski definition) is 2. The van der Waals surface area contributed by atoms with Crippen LogP contribution in [0.1, 0.15) is 51.6 Å².